The van der Waals surface area contributed by atoms with E-state index in [4.69, 9.17) is 0 Å². The predicted molar refractivity (Wildman–Crippen MR) is 127 cm³/mol. The summed E-state index contributed by atoms with van der Waals surface area (Å²) in [6.45, 7) is 4.39. The summed E-state index contributed by atoms with van der Waals surface area (Å²) in [4.78, 5) is 14.9. The molecule has 31 heavy (non-hydrogen) atoms. The van der Waals surface area contributed by atoms with Gasteiger partial charge in [0, 0.05) is 27.2 Å². The third-order valence-corrected chi connectivity index (χ3v) is 7.34. The van der Waals surface area contributed by atoms with Gasteiger partial charge < -0.3 is 10.2 Å². The van der Waals surface area contributed by atoms with E-state index in [9.17, 15) is 13.2 Å². The Bertz CT molecular complexity index is 1180. The maximum atomic E-state index is 13.0. The Morgan fingerprint density at radius 1 is 0.935 bits per heavy atom. The maximum absolute atomic E-state index is 13.0. The fraction of sp³-hybridized carbons (Fsp3) is 0.292. The van der Waals surface area contributed by atoms with Crippen LogP contribution in [-0.2, 0) is 21.2 Å². The molecule has 0 fully saturated rings. The van der Waals surface area contributed by atoms with Gasteiger partial charge in [-0.15, -0.1) is 0 Å². The quantitative estimate of drug-likeness (QED) is 0.573. The normalized spacial score (nSPS) is 11.6. The van der Waals surface area contributed by atoms with Crippen LogP contribution in [0.15, 0.2) is 65.6 Å². The summed E-state index contributed by atoms with van der Waals surface area (Å²) in [5.74, 6) is -0.197. The molecule has 0 bridgehead atoms. The van der Waals surface area contributed by atoms with Crippen molar-refractivity contribution < 1.29 is 13.2 Å². The molecule has 164 valence electrons. The summed E-state index contributed by atoms with van der Waals surface area (Å²) in [7, 11) is 0.0847. The Morgan fingerprint density at radius 2 is 1.61 bits per heavy atom. The zero-order valence-corrected chi connectivity index (χ0v) is 19.2. The molecule has 1 amide bonds. The molecular weight excluding hydrogens is 410 g/mol. The van der Waals surface area contributed by atoms with E-state index in [0.29, 0.717) is 18.8 Å². The maximum Gasteiger partial charge on any atom is 0.243 e. The van der Waals surface area contributed by atoms with E-state index >= 15 is 0 Å². The van der Waals surface area contributed by atoms with Gasteiger partial charge in [0.05, 0.1) is 22.7 Å². The molecule has 3 rings (SSSR count). The van der Waals surface area contributed by atoms with Gasteiger partial charge in [-0.1, -0.05) is 56.3 Å². The van der Waals surface area contributed by atoms with Crippen LogP contribution in [0.3, 0.4) is 0 Å². The van der Waals surface area contributed by atoms with Crippen LogP contribution in [0, 0.1) is 0 Å². The molecule has 0 radical (unpaired) electrons. The van der Waals surface area contributed by atoms with E-state index in [0.717, 1.165) is 22.0 Å². The van der Waals surface area contributed by atoms with Crippen LogP contribution in [-0.4, -0.2) is 45.8 Å². The van der Waals surface area contributed by atoms with Gasteiger partial charge in [-0.25, -0.2) is 8.42 Å². The average Bonchev–Trinajstić information content (AvgIpc) is 2.74. The van der Waals surface area contributed by atoms with E-state index in [2.05, 4.69) is 5.32 Å². The smallest absolute Gasteiger partial charge is 0.243 e. The Kier molecular flexibility index (Phi) is 6.97. The number of benzene rings is 3. The number of nitrogens with one attached hydrogen (secondary N) is 1. The minimum Gasteiger partial charge on any atom is -0.376 e. The van der Waals surface area contributed by atoms with Gasteiger partial charge in [0.15, 0.2) is 0 Å². The van der Waals surface area contributed by atoms with E-state index in [1.54, 1.807) is 18.2 Å². The largest absolute Gasteiger partial charge is 0.376 e. The van der Waals surface area contributed by atoms with Crippen LogP contribution in [0.5, 0.6) is 0 Å². The fourth-order valence-electron chi connectivity index (χ4n) is 3.69. The highest BCUT2D eigenvalue weighted by Crippen LogP contribution is 2.29. The molecule has 0 heterocycles. The van der Waals surface area contributed by atoms with Crippen molar-refractivity contribution in [1.29, 1.82) is 0 Å². The van der Waals surface area contributed by atoms with E-state index in [-0.39, 0.29) is 17.2 Å². The van der Waals surface area contributed by atoms with Gasteiger partial charge >= 0.3 is 0 Å². The molecule has 0 aliphatic rings. The third kappa shape index (κ3) is 4.89. The van der Waals surface area contributed by atoms with Gasteiger partial charge in [-0.3, -0.25) is 4.79 Å². The van der Waals surface area contributed by atoms with Crippen LogP contribution >= 0.6 is 0 Å². The van der Waals surface area contributed by atoms with Crippen LogP contribution < -0.4 is 10.2 Å². The summed E-state index contributed by atoms with van der Waals surface area (Å²) in [6.07, 6.45) is 0.196. The molecule has 0 atom stereocenters. The first-order valence-electron chi connectivity index (χ1n) is 10.4. The van der Waals surface area contributed by atoms with Crippen molar-refractivity contribution in [2.24, 2.45) is 0 Å². The first-order chi connectivity index (χ1) is 14.8. The first kappa shape index (κ1) is 22.8. The number of rotatable bonds is 8. The van der Waals surface area contributed by atoms with Crippen LogP contribution in [0.25, 0.3) is 10.8 Å². The number of anilines is 2. The highest BCUT2D eigenvalue weighted by atomic mass is 32.2. The number of nitrogens with zero attached hydrogens (tertiary/aromatic N) is 2. The second-order valence-corrected chi connectivity index (χ2v) is 9.46. The van der Waals surface area contributed by atoms with Crippen molar-refractivity contribution in [3.63, 3.8) is 0 Å². The number of sulfonamides is 1. The number of fused-ring (bicyclic) bond motifs is 1. The Morgan fingerprint density at radius 3 is 2.29 bits per heavy atom. The fourth-order valence-corrected chi connectivity index (χ4v) is 5.18. The molecule has 7 heteroatoms. The monoisotopic (exact) mass is 439 g/mol. The average molecular weight is 440 g/mol. The Labute approximate surface area is 184 Å². The number of amides is 1. The van der Waals surface area contributed by atoms with Crippen molar-refractivity contribution in [3.05, 3.63) is 66.2 Å². The zero-order valence-electron chi connectivity index (χ0n) is 18.4. The molecule has 0 unspecified atom stereocenters. The summed E-state index contributed by atoms with van der Waals surface area (Å²) >= 11 is 0. The van der Waals surface area contributed by atoms with Crippen molar-refractivity contribution in [1.82, 2.24) is 4.31 Å². The van der Waals surface area contributed by atoms with E-state index in [1.807, 2.05) is 75.3 Å². The SMILES string of the molecule is CCN(CC)S(=O)(=O)c1ccc(N(C)C)c(NC(=O)Cc2cccc3ccccc23)c1. The highest BCUT2D eigenvalue weighted by Gasteiger charge is 2.23. The molecule has 0 saturated carbocycles. The Balaban J connectivity index is 1.93. The number of carbonyl (C=O) groups is 1. The lowest BCUT2D eigenvalue weighted by Gasteiger charge is -2.22. The molecule has 6 nitrogen and oxygen atoms in total. The van der Waals surface area contributed by atoms with E-state index < -0.39 is 10.0 Å². The summed E-state index contributed by atoms with van der Waals surface area (Å²) in [5.41, 5.74) is 2.14. The van der Waals surface area contributed by atoms with Crippen molar-refractivity contribution >= 4 is 38.1 Å². The van der Waals surface area contributed by atoms with Crippen molar-refractivity contribution in [2.45, 2.75) is 25.2 Å². The molecule has 1 N–H and O–H groups in total. The number of hydrogen-bond donors (Lipinski definition) is 1. The van der Waals surface area contributed by atoms with Crippen molar-refractivity contribution in [3.8, 4) is 0 Å². The minimum atomic E-state index is -3.63. The lowest BCUT2D eigenvalue weighted by atomic mass is 10.0. The topological polar surface area (TPSA) is 69.7 Å². The molecule has 0 spiro atoms. The summed E-state index contributed by atoms with van der Waals surface area (Å²) < 4.78 is 27.3. The van der Waals surface area contributed by atoms with Gasteiger partial charge in [-0.2, -0.15) is 4.31 Å². The summed E-state index contributed by atoms with van der Waals surface area (Å²) in [6, 6.07) is 18.7. The van der Waals surface area contributed by atoms with Crippen LogP contribution in [0.1, 0.15) is 19.4 Å². The van der Waals surface area contributed by atoms with Gasteiger partial charge in [0.25, 0.3) is 0 Å². The molecule has 0 saturated heterocycles. The van der Waals surface area contributed by atoms with E-state index in [1.165, 1.54) is 4.31 Å². The lowest BCUT2D eigenvalue weighted by Crippen LogP contribution is -2.30. The molecule has 0 aliphatic heterocycles. The predicted octanol–water partition coefficient (Wildman–Crippen LogP) is 4.12. The lowest BCUT2D eigenvalue weighted by molar-refractivity contribution is -0.115. The number of hydrogen-bond acceptors (Lipinski definition) is 4. The highest BCUT2D eigenvalue weighted by molar-refractivity contribution is 7.89. The first-order valence-corrected chi connectivity index (χ1v) is 11.8. The summed E-state index contributed by atoms with van der Waals surface area (Å²) in [5, 5.41) is 5.04. The van der Waals surface area contributed by atoms with Crippen molar-refractivity contribution in [2.75, 3.05) is 37.4 Å². The molecule has 3 aromatic carbocycles. The van der Waals surface area contributed by atoms with Crippen LogP contribution in [0.4, 0.5) is 11.4 Å². The molecular formula is C24H29N3O3S. The second kappa shape index (κ2) is 9.49. The van der Waals surface area contributed by atoms with Gasteiger partial charge in [0.2, 0.25) is 15.9 Å². The van der Waals surface area contributed by atoms with Gasteiger partial charge in [0.1, 0.15) is 0 Å². The molecule has 0 aromatic heterocycles. The van der Waals surface area contributed by atoms with Gasteiger partial charge in [-0.05, 0) is 34.5 Å². The molecule has 0 aliphatic carbocycles. The number of carbonyl (C=O) groups excluding carboxylic acids is 1. The van der Waals surface area contributed by atoms with Crippen LogP contribution in [0.2, 0.25) is 0 Å². The zero-order chi connectivity index (χ0) is 22.6. The standard InChI is InChI=1S/C24H29N3O3S/c1-5-27(6-2)31(29,30)20-14-15-23(26(3)4)22(17-20)25-24(28)16-19-12-9-11-18-10-7-8-13-21(18)19/h7-15,17H,5-6,16H2,1-4H3,(H,25,28). The minimum absolute atomic E-state index is 0.169. The molecule has 3 aromatic rings. The third-order valence-electron chi connectivity index (χ3n) is 5.30. The Hall–Kier alpha value is -2.90. The second-order valence-electron chi connectivity index (χ2n) is 7.53.